The van der Waals surface area contributed by atoms with Crippen LogP contribution in [0.25, 0.3) is 0 Å². The summed E-state index contributed by atoms with van der Waals surface area (Å²) in [6.45, 7) is 8.43. The molecule has 7 heteroatoms. The molecule has 0 aliphatic carbocycles. The van der Waals surface area contributed by atoms with Crippen molar-refractivity contribution in [3.8, 4) is 0 Å². The Morgan fingerprint density at radius 2 is 1.57 bits per heavy atom. The average molecular weight is 402 g/mol. The van der Waals surface area contributed by atoms with Crippen LogP contribution in [-0.4, -0.2) is 57.4 Å². The molecule has 1 amide bonds. The topological polar surface area (TPSA) is 69.7 Å². The van der Waals surface area contributed by atoms with Crippen LogP contribution in [0.1, 0.15) is 27.0 Å². The first-order valence-electron chi connectivity index (χ1n) is 9.36. The summed E-state index contributed by atoms with van der Waals surface area (Å²) in [5.41, 5.74) is 3.37. The minimum absolute atomic E-state index is 0.128. The number of hydrogen-bond acceptors (Lipinski definition) is 4. The Balaban J connectivity index is 1.90. The van der Waals surface area contributed by atoms with Crippen molar-refractivity contribution in [1.82, 2.24) is 9.80 Å². The van der Waals surface area contributed by atoms with Crippen LogP contribution in [0.4, 0.5) is 5.69 Å². The fourth-order valence-corrected chi connectivity index (χ4v) is 4.65. The molecule has 1 heterocycles. The number of piperazine rings is 1. The molecule has 1 N–H and O–H groups in total. The quantitative estimate of drug-likeness (QED) is 0.855. The summed E-state index contributed by atoms with van der Waals surface area (Å²) in [6, 6.07) is 10.5. The second kappa shape index (κ2) is 7.93. The summed E-state index contributed by atoms with van der Waals surface area (Å²) in [5, 5.41) is 0. The van der Waals surface area contributed by atoms with Crippen LogP contribution in [0.5, 0.6) is 0 Å². The number of nitrogens with one attached hydrogen (secondary N) is 1. The monoisotopic (exact) mass is 401 g/mol. The number of carbonyl (C=O) groups excluding carboxylic acids is 1. The summed E-state index contributed by atoms with van der Waals surface area (Å²) in [6.07, 6.45) is 0. The normalized spacial score (nSPS) is 15.5. The van der Waals surface area contributed by atoms with Crippen LogP contribution in [0.2, 0.25) is 0 Å². The van der Waals surface area contributed by atoms with Crippen LogP contribution in [-0.2, 0) is 10.0 Å². The molecular formula is C21H27N3O3S. The first-order valence-corrected chi connectivity index (χ1v) is 10.8. The lowest BCUT2D eigenvalue weighted by molar-refractivity contribution is 0.0664. The summed E-state index contributed by atoms with van der Waals surface area (Å²) in [4.78, 5) is 16.9. The van der Waals surface area contributed by atoms with Crippen molar-refractivity contribution in [2.75, 3.05) is 37.9 Å². The van der Waals surface area contributed by atoms with E-state index in [-0.39, 0.29) is 10.8 Å². The molecule has 1 aliphatic heterocycles. The smallest absolute Gasteiger partial charge is 0.262 e. The minimum atomic E-state index is -3.81. The van der Waals surface area contributed by atoms with E-state index in [2.05, 4.69) is 9.62 Å². The van der Waals surface area contributed by atoms with Gasteiger partial charge in [0.05, 0.1) is 10.6 Å². The van der Waals surface area contributed by atoms with E-state index in [0.29, 0.717) is 29.9 Å². The van der Waals surface area contributed by atoms with E-state index in [1.54, 1.807) is 30.0 Å². The van der Waals surface area contributed by atoms with Gasteiger partial charge in [0.2, 0.25) is 0 Å². The maximum absolute atomic E-state index is 13.0. The van der Waals surface area contributed by atoms with Gasteiger partial charge in [0.15, 0.2) is 0 Å². The molecule has 28 heavy (non-hydrogen) atoms. The number of carbonyl (C=O) groups is 1. The van der Waals surface area contributed by atoms with Crippen molar-refractivity contribution >= 4 is 21.6 Å². The Kier molecular flexibility index (Phi) is 5.76. The molecule has 0 unspecified atom stereocenters. The number of nitrogens with zero attached hydrogens (tertiary/aromatic N) is 2. The number of likely N-dealkylation sites (N-methyl/N-ethyl adjacent to an activating group) is 1. The number of hydrogen-bond donors (Lipinski definition) is 1. The predicted molar refractivity (Wildman–Crippen MR) is 111 cm³/mol. The van der Waals surface area contributed by atoms with Crippen molar-refractivity contribution in [3.05, 3.63) is 58.7 Å². The molecule has 0 radical (unpaired) electrons. The summed E-state index contributed by atoms with van der Waals surface area (Å²) < 4.78 is 28.8. The zero-order valence-electron chi connectivity index (χ0n) is 16.8. The highest BCUT2D eigenvalue weighted by Crippen LogP contribution is 2.24. The maximum atomic E-state index is 13.0. The summed E-state index contributed by atoms with van der Waals surface area (Å²) in [5.74, 6) is -0.128. The van der Waals surface area contributed by atoms with Gasteiger partial charge in [-0.05, 0) is 62.7 Å². The van der Waals surface area contributed by atoms with Crippen LogP contribution in [0.3, 0.4) is 0 Å². The fourth-order valence-electron chi connectivity index (χ4n) is 3.26. The molecule has 0 spiro atoms. The third kappa shape index (κ3) is 4.36. The standard InChI is InChI=1S/C21H27N3O3S/c1-15-5-6-16(2)19(13-15)22-28(26,27)20-14-18(8-7-17(20)3)21(25)24-11-9-23(4)10-12-24/h5-8,13-14,22H,9-12H2,1-4H3. The van der Waals surface area contributed by atoms with E-state index in [4.69, 9.17) is 0 Å². The minimum Gasteiger partial charge on any atom is -0.336 e. The molecule has 3 rings (SSSR count). The zero-order valence-corrected chi connectivity index (χ0v) is 17.6. The van der Waals surface area contributed by atoms with Gasteiger partial charge in [-0.15, -0.1) is 0 Å². The Morgan fingerprint density at radius 3 is 2.25 bits per heavy atom. The molecule has 1 aliphatic rings. The lowest BCUT2D eigenvalue weighted by Crippen LogP contribution is -2.47. The van der Waals surface area contributed by atoms with Crippen molar-refractivity contribution in [3.63, 3.8) is 0 Å². The van der Waals surface area contributed by atoms with E-state index in [9.17, 15) is 13.2 Å². The van der Waals surface area contributed by atoms with Crippen LogP contribution in [0, 0.1) is 20.8 Å². The third-order valence-corrected chi connectivity index (χ3v) is 6.66. The Bertz CT molecular complexity index is 994. The Morgan fingerprint density at radius 1 is 0.929 bits per heavy atom. The molecule has 0 aromatic heterocycles. The summed E-state index contributed by atoms with van der Waals surface area (Å²) >= 11 is 0. The number of sulfonamides is 1. The van der Waals surface area contributed by atoms with Crippen LogP contribution < -0.4 is 4.72 Å². The predicted octanol–water partition coefficient (Wildman–Crippen LogP) is 2.80. The number of amides is 1. The SMILES string of the molecule is Cc1ccc(C)c(NS(=O)(=O)c2cc(C(=O)N3CCN(C)CC3)ccc2C)c1. The van der Waals surface area contributed by atoms with E-state index < -0.39 is 10.0 Å². The highest BCUT2D eigenvalue weighted by Gasteiger charge is 2.24. The number of anilines is 1. The van der Waals surface area contributed by atoms with Crippen molar-refractivity contribution in [1.29, 1.82) is 0 Å². The Hall–Kier alpha value is -2.38. The summed E-state index contributed by atoms with van der Waals surface area (Å²) in [7, 11) is -1.78. The van der Waals surface area contributed by atoms with Gasteiger partial charge in [0, 0.05) is 31.7 Å². The molecule has 0 saturated carbocycles. The van der Waals surface area contributed by atoms with E-state index >= 15 is 0 Å². The van der Waals surface area contributed by atoms with E-state index in [1.807, 2.05) is 33.0 Å². The molecule has 2 aromatic rings. The van der Waals surface area contributed by atoms with Gasteiger partial charge in [0.25, 0.3) is 15.9 Å². The maximum Gasteiger partial charge on any atom is 0.262 e. The number of aryl methyl sites for hydroxylation is 3. The molecule has 0 bridgehead atoms. The van der Waals surface area contributed by atoms with Gasteiger partial charge < -0.3 is 9.80 Å². The second-order valence-electron chi connectivity index (χ2n) is 7.50. The van der Waals surface area contributed by atoms with Crippen molar-refractivity contribution in [2.24, 2.45) is 0 Å². The molecule has 1 saturated heterocycles. The highest BCUT2D eigenvalue weighted by atomic mass is 32.2. The van der Waals surface area contributed by atoms with Gasteiger partial charge in [0.1, 0.15) is 0 Å². The lowest BCUT2D eigenvalue weighted by atomic mass is 10.1. The highest BCUT2D eigenvalue weighted by molar-refractivity contribution is 7.92. The fraction of sp³-hybridized carbons (Fsp3) is 0.381. The van der Waals surface area contributed by atoms with Crippen molar-refractivity contribution < 1.29 is 13.2 Å². The lowest BCUT2D eigenvalue weighted by Gasteiger charge is -2.32. The number of rotatable bonds is 4. The van der Waals surface area contributed by atoms with Gasteiger partial charge >= 0.3 is 0 Å². The zero-order chi connectivity index (χ0) is 20.5. The van der Waals surface area contributed by atoms with Crippen molar-refractivity contribution in [2.45, 2.75) is 25.7 Å². The number of benzene rings is 2. The molecule has 2 aromatic carbocycles. The van der Waals surface area contributed by atoms with Gasteiger partial charge in [-0.2, -0.15) is 0 Å². The molecule has 1 fully saturated rings. The Labute approximate surface area is 167 Å². The third-order valence-electron chi connectivity index (χ3n) is 5.15. The molecule has 150 valence electrons. The van der Waals surface area contributed by atoms with E-state index in [1.165, 1.54) is 6.07 Å². The molecule has 6 nitrogen and oxygen atoms in total. The first kappa shape index (κ1) is 20.4. The van der Waals surface area contributed by atoms with E-state index in [0.717, 1.165) is 24.2 Å². The van der Waals surface area contributed by atoms with Gasteiger partial charge in [-0.25, -0.2) is 8.42 Å². The van der Waals surface area contributed by atoms with Crippen LogP contribution >= 0.6 is 0 Å². The van der Waals surface area contributed by atoms with Crippen LogP contribution in [0.15, 0.2) is 41.3 Å². The largest absolute Gasteiger partial charge is 0.336 e. The van der Waals surface area contributed by atoms with Gasteiger partial charge in [-0.3, -0.25) is 9.52 Å². The van der Waals surface area contributed by atoms with Gasteiger partial charge in [-0.1, -0.05) is 18.2 Å². The average Bonchev–Trinajstić information content (AvgIpc) is 2.65. The molecule has 0 atom stereocenters. The molecular weight excluding hydrogens is 374 g/mol. The first-order chi connectivity index (χ1) is 13.2. The second-order valence-corrected chi connectivity index (χ2v) is 9.15.